The van der Waals surface area contributed by atoms with Gasteiger partial charge in [0, 0.05) is 16.7 Å². The monoisotopic (exact) mass is 561 g/mol. The molecule has 3 heterocycles. The Morgan fingerprint density at radius 1 is 1.00 bits per heavy atom. The second-order valence-corrected chi connectivity index (χ2v) is 10.7. The summed E-state index contributed by atoms with van der Waals surface area (Å²) in [5.74, 6) is -3.38. The number of nitrogens with zero attached hydrogens (tertiary/aromatic N) is 3. The minimum absolute atomic E-state index is 0.00915. The zero-order chi connectivity index (χ0) is 27.1. The van der Waals surface area contributed by atoms with E-state index in [1.807, 2.05) is 0 Å². The highest BCUT2D eigenvalue weighted by Crippen LogP contribution is 2.44. The lowest BCUT2D eigenvalue weighted by Gasteiger charge is -2.24. The number of aliphatic hydroxyl groups excluding tert-OH is 1. The second-order valence-electron chi connectivity index (χ2n) is 8.57. The van der Waals surface area contributed by atoms with Gasteiger partial charge in [-0.2, -0.15) is 0 Å². The van der Waals surface area contributed by atoms with Crippen molar-refractivity contribution in [2.75, 3.05) is 4.90 Å². The average Bonchev–Trinajstić information content (AvgIpc) is 3.65. The van der Waals surface area contributed by atoms with Gasteiger partial charge in [0.05, 0.1) is 5.57 Å². The summed E-state index contributed by atoms with van der Waals surface area (Å²) in [6.07, 6.45) is 0. The van der Waals surface area contributed by atoms with Crippen LogP contribution >= 0.6 is 23.1 Å². The topological polar surface area (TPSA) is 96.5 Å². The zero-order valence-electron chi connectivity index (χ0n) is 19.9. The van der Waals surface area contributed by atoms with E-state index in [1.54, 1.807) is 48.5 Å². The van der Waals surface area contributed by atoms with Crippen LogP contribution in [0, 0.1) is 11.6 Å². The second kappa shape index (κ2) is 10.1. The van der Waals surface area contributed by atoms with Crippen LogP contribution in [0.4, 0.5) is 13.9 Å². The first kappa shape index (κ1) is 25.0. The maximum absolute atomic E-state index is 15.1. The van der Waals surface area contributed by atoms with E-state index in [2.05, 4.69) is 10.2 Å². The Bertz CT molecular complexity index is 1750. The van der Waals surface area contributed by atoms with E-state index in [4.69, 9.17) is 4.42 Å². The molecule has 1 aliphatic heterocycles. The normalized spacial score (nSPS) is 15.5. The molecule has 0 spiro atoms. The lowest BCUT2D eigenvalue weighted by Crippen LogP contribution is -2.31. The number of benzene rings is 3. The third-order valence-corrected chi connectivity index (χ3v) is 8.32. The smallest absolute Gasteiger partial charge is 0.296 e. The van der Waals surface area contributed by atoms with E-state index < -0.39 is 29.3 Å². The number of fused-ring (bicyclic) bond motifs is 1. The van der Waals surface area contributed by atoms with E-state index in [-0.39, 0.29) is 33.6 Å². The van der Waals surface area contributed by atoms with Crippen molar-refractivity contribution in [2.24, 2.45) is 0 Å². The predicted octanol–water partition coefficient (Wildman–Crippen LogP) is 6.64. The Balaban J connectivity index is 1.38. The quantitative estimate of drug-likeness (QED) is 0.135. The fourth-order valence-electron chi connectivity index (χ4n) is 4.37. The number of anilines is 1. The Morgan fingerprint density at radius 3 is 2.49 bits per heavy atom. The number of Topliss-reactive ketones (excluding diaryl/α,β-unsaturated/α-hetero) is 1. The molecule has 1 atom stereocenters. The number of halogens is 2. The molecule has 1 aliphatic rings. The number of furan rings is 1. The Labute approximate surface area is 228 Å². The number of rotatable bonds is 7. The van der Waals surface area contributed by atoms with Crippen LogP contribution in [-0.4, -0.2) is 27.0 Å². The largest absolute Gasteiger partial charge is 0.503 e. The van der Waals surface area contributed by atoms with Crippen LogP contribution in [0.1, 0.15) is 27.7 Å². The van der Waals surface area contributed by atoms with E-state index in [0.29, 0.717) is 20.9 Å². The molecule has 7 nitrogen and oxygen atoms in total. The number of para-hydroxylation sites is 1. The molecule has 11 heteroatoms. The SMILES string of the molecule is O=C(C1=C(O)C(=O)N(c2nnc(SCc3ccccc3F)s2)C1c1ccccc1F)c1cc2ccccc2o1. The van der Waals surface area contributed by atoms with Crippen molar-refractivity contribution in [3.05, 3.63) is 119 Å². The fraction of sp³-hybridized carbons (Fsp3) is 0.0714. The molecule has 1 amide bonds. The lowest BCUT2D eigenvalue weighted by molar-refractivity contribution is -0.117. The summed E-state index contributed by atoms with van der Waals surface area (Å²) in [4.78, 5) is 28.1. The van der Waals surface area contributed by atoms with Gasteiger partial charge in [-0.1, -0.05) is 77.7 Å². The molecule has 3 aromatic carbocycles. The molecule has 194 valence electrons. The van der Waals surface area contributed by atoms with Gasteiger partial charge in [-0.15, -0.1) is 10.2 Å². The van der Waals surface area contributed by atoms with Crippen LogP contribution < -0.4 is 4.90 Å². The summed E-state index contributed by atoms with van der Waals surface area (Å²) >= 11 is 2.22. The number of thioether (sulfide) groups is 1. The third-order valence-electron chi connectivity index (χ3n) is 6.21. The maximum atomic E-state index is 15.1. The Morgan fingerprint density at radius 2 is 1.72 bits per heavy atom. The van der Waals surface area contributed by atoms with Crippen molar-refractivity contribution in [2.45, 2.75) is 16.1 Å². The molecule has 6 rings (SSSR count). The predicted molar refractivity (Wildman–Crippen MR) is 143 cm³/mol. The van der Waals surface area contributed by atoms with Crippen LogP contribution in [0.15, 0.2) is 99.0 Å². The van der Waals surface area contributed by atoms with Crippen LogP contribution in [0.2, 0.25) is 0 Å². The molecule has 0 radical (unpaired) electrons. The van der Waals surface area contributed by atoms with Gasteiger partial charge in [0.15, 0.2) is 15.9 Å². The Kier molecular flexibility index (Phi) is 6.45. The number of amides is 1. The van der Waals surface area contributed by atoms with E-state index >= 15 is 4.39 Å². The molecule has 2 aromatic heterocycles. The molecule has 0 fully saturated rings. The van der Waals surface area contributed by atoms with Gasteiger partial charge < -0.3 is 9.52 Å². The van der Waals surface area contributed by atoms with E-state index in [0.717, 1.165) is 16.2 Å². The molecule has 1 unspecified atom stereocenters. The standard InChI is InChI=1S/C28H17F2N3O4S2/c29-18-10-4-1-8-16(18)14-38-28-32-31-27(39-28)33-23(17-9-3-5-11-19(17)30)22(25(35)26(33)36)24(34)21-13-15-7-2-6-12-20(15)37-21/h1-13,23,35H,14H2. The summed E-state index contributed by atoms with van der Waals surface area (Å²) in [5, 5.41) is 19.8. The van der Waals surface area contributed by atoms with Crippen LogP contribution in [0.5, 0.6) is 0 Å². The molecule has 0 bridgehead atoms. The number of ketones is 1. The van der Waals surface area contributed by atoms with Crippen molar-refractivity contribution in [3.63, 3.8) is 0 Å². The highest BCUT2D eigenvalue weighted by atomic mass is 32.2. The summed E-state index contributed by atoms with van der Waals surface area (Å²) in [6, 6.07) is 19.2. The van der Waals surface area contributed by atoms with E-state index in [1.165, 1.54) is 42.1 Å². The number of carbonyl (C=O) groups excluding carboxylic acids is 2. The number of hydrogen-bond acceptors (Lipinski definition) is 8. The molecule has 0 saturated heterocycles. The van der Waals surface area contributed by atoms with Crippen molar-refractivity contribution >= 4 is 50.9 Å². The highest BCUT2D eigenvalue weighted by Gasteiger charge is 2.47. The average molecular weight is 562 g/mol. The van der Waals surface area contributed by atoms with Crippen molar-refractivity contribution in [3.8, 4) is 0 Å². The van der Waals surface area contributed by atoms with Gasteiger partial charge in [-0.05, 0) is 29.8 Å². The minimum atomic E-state index is -1.32. The summed E-state index contributed by atoms with van der Waals surface area (Å²) in [6.45, 7) is 0. The van der Waals surface area contributed by atoms with Crippen LogP contribution in [0.3, 0.4) is 0 Å². The van der Waals surface area contributed by atoms with Crippen molar-refractivity contribution < 1.29 is 27.9 Å². The molecule has 0 aliphatic carbocycles. The van der Waals surface area contributed by atoms with Crippen molar-refractivity contribution in [1.82, 2.24) is 10.2 Å². The molecule has 5 aromatic rings. The molecule has 0 saturated carbocycles. The minimum Gasteiger partial charge on any atom is -0.503 e. The molecule has 39 heavy (non-hydrogen) atoms. The fourth-order valence-corrected chi connectivity index (χ4v) is 6.22. The maximum Gasteiger partial charge on any atom is 0.296 e. The van der Waals surface area contributed by atoms with Gasteiger partial charge in [-0.3, -0.25) is 14.5 Å². The molecule has 1 N–H and O–H groups in total. The number of aromatic nitrogens is 2. The van der Waals surface area contributed by atoms with Crippen LogP contribution in [-0.2, 0) is 10.5 Å². The number of hydrogen-bond donors (Lipinski definition) is 1. The first-order valence-electron chi connectivity index (χ1n) is 11.7. The van der Waals surface area contributed by atoms with Gasteiger partial charge in [0.2, 0.25) is 10.9 Å². The van der Waals surface area contributed by atoms with Gasteiger partial charge >= 0.3 is 0 Å². The first-order valence-corrected chi connectivity index (χ1v) is 13.5. The van der Waals surface area contributed by atoms with E-state index in [9.17, 15) is 19.1 Å². The zero-order valence-corrected chi connectivity index (χ0v) is 21.5. The first-order chi connectivity index (χ1) is 18.9. The number of carbonyl (C=O) groups is 2. The van der Waals surface area contributed by atoms with Crippen molar-refractivity contribution in [1.29, 1.82) is 0 Å². The summed E-state index contributed by atoms with van der Waals surface area (Å²) in [7, 11) is 0. The van der Waals surface area contributed by atoms with Gasteiger partial charge in [0.25, 0.3) is 5.91 Å². The molecular formula is C28H17F2N3O4S2. The highest BCUT2D eigenvalue weighted by molar-refractivity contribution is 8.00. The summed E-state index contributed by atoms with van der Waals surface area (Å²) < 4.78 is 35.2. The summed E-state index contributed by atoms with van der Waals surface area (Å²) in [5.41, 5.74) is 0.578. The Hall–Kier alpha value is -4.35. The van der Waals surface area contributed by atoms with Crippen LogP contribution in [0.25, 0.3) is 11.0 Å². The third kappa shape index (κ3) is 4.49. The lowest BCUT2D eigenvalue weighted by atomic mass is 9.95. The van der Waals surface area contributed by atoms with Gasteiger partial charge in [-0.25, -0.2) is 8.78 Å². The number of aliphatic hydroxyl groups is 1. The van der Waals surface area contributed by atoms with Gasteiger partial charge in [0.1, 0.15) is 23.3 Å². The molecular weight excluding hydrogens is 544 g/mol.